The van der Waals surface area contributed by atoms with E-state index < -0.39 is 0 Å². The zero-order valence-electron chi connectivity index (χ0n) is 7.17. The summed E-state index contributed by atoms with van der Waals surface area (Å²) in [6.45, 7) is 0.425. The molecule has 0 aliphatic heterocycles. The van der Waals surface area contributed by atoms with Crippen molar-refractivity contribution in [3.63, 3.8) is 0 Å². The molecule has 1 aromatic carbocycles. The Morgan fingerprint density at radius 1 is 1.46 bits per heavy atom. The molecule has 1 rings (SSSR count). The molecule has 0 N–H and O–H groups in total. The molecule has 0 aliphatic carbocycles. The average Bonchev–Trinajstić information content (AvgIpc) is 2.15. The lowest BCUT2D eigenvalue weighted by atomic mass is 10.3. The zero-order chi connectivity index (χ0) is 9.68. The van der Waals surface area contributed by atoms with Crippen molar-refractivity contribution in [2.45, 2.75) is 4.29 Å². The van der Waals surface area contributed by atoms with E-state index in [2.05, 4.69) is 15.9 Å². The maximum absolute atomic E-state index is 5.66. The normalized spacial score (nSPS) is 12.2. The van der Waals surface area contributed by atoms with Gasteiger partial charge in [-0.15, -0.1) is 11.6 Å². The first-order valence-corrected chi connectivity index (χ1v) is 5.12. The van der Waals surface area contributed by atoms with Gasteiger partial charge in [0.1, 0.15) is 22.4 Å². The van der Waals surface area contributed by atoms with Crippen molar-refractivity contribution < 1.29 is 9.47 Å². The number of ether oxygens (including phenoxy) is 2. The summed E-state index contributed by atoms with van der Waals surface area (Å²) >= 11 is 8.84. The Hall–Kier alpha value is -0.410. The highest BCUT2D eigenvalue weighted by atomic mass is 79.9. The molecule has 2 nitrogen and oxygen atoms in total. The Bertz CT molecular complexity index is 266. The van der Waals surface area contributed by atoms with Crippen LogP contribution >= 0.6 is 27.5 Å². The topological polar surface area (TPSA) is 18.5 Å². The molecule has 0 spiro atoms. The number of alkyl halides is 2. The second-order valence-corrected chi connectivity index (χ2v) is 4.54. The van der Waals surface area contributed by atoms with Gasteiger partial charge in [-0.2, -0.15) is 0 Å². The summed E-state index contributed by atoms with van der Waals surface area (Å²) in [5, 5.41) is 0. The van der Waals surface area contributed by atoms with Crippen LogP contribution in [0, 0.1) is 0 Å². The minimum absolute atomic E-state index is 0.168. The number of rotatable bonds is 4. The lowest BCUT2D eigenvalue weighted by Gasteiger charge is -2.07. The lowest BCUT2D eigenvalue weighted by molar-refractivity contribution is 0.333. The van der Waals surface area contributed by atoms with E-state index in [1.54, 1.807) is 7.11 Å². The van der Waals surface area contributed by atoms with E-state index in [0.717, 1.165) is 11.5 Å². The molecular formula is C9H10BrClO2. The molecule has 0 fully saturated rings. The predicted molar refractivity (Wildman–Crippen MR) is 57.1 cm³/mol. The van der Waals surface area contributed by atoms with E-state index in [-0.39, 0.29) is 4.29 Å². The molecule has 4 heteroatoms. The van der Waals surface area contributed by atoms with Crippen LogP contribution in [0.15, 0.2) is 24.3 Å². The van der Waals surface area contributed by atoms with Gasteiger partial charge in [-0.3, -0.25) is 0 Å². The summed E-state index contributed by atoms with van der Waals surface area (Å²) in [6, 6.07) is 7.39. The van der Waals surface area contributed by atoms with Gasteiger partial charge in [-0.25, -0.2) is 0 Å². The third-order valence-corrected chi connectivity index (χ3v) is 1.81. The van der Waals surface area contributed by atoms with Crippen molar-refractivity contribution in [2.24, 2.45) is 0 Å². The van der Waals surface area contributed by atoms with Gasteiger partial charge in [-0.05, 0) is 12.1 Å². The molecule has 0 radical (unpaired) electrons. The first-order valence-electron chi connectivity index (χ1n) is 3.77. The molecule has 1 atom stereocenters. The third kappa shape index (κ3) is 3.87. The van der Waals surface area contributed by atoms with Gasteiger partial charge in [0.15, 0.2) is 0 Å². The van der Waals surface area contributed by atoms with Gasteiger partial charge in [0, 0.05) is 6.07 Å². The molecule has 13 heavy (non-hydrogen) atoms. The molecule has 0 heterocycles. The lowest BCUT2D eigenvalue weighted by Crippen LogP contribution is -2.04. The highest BCUT2D eigenvalue weighted by molar-refractivity contribution is 9.10. The summed E-state index contributed by atoms with van der Waals surface area (Å²) in [5.74, 6) is 1.53. The van der Waals surface area contributed by atoms with Crippen LogP contribution in [0.3, 0.4) is 0 Å². The minimum Gasteiger partial charge on any atom is -0.497 e. The fourth-order valence-electron chi connectivity index (χ4n) is 0.850. The Morgan fingerprint density at radius 3 is 2.77 bits per heavy atom. The number of benzene rings is 1. The van der Waals surface area contributed by atoms with E-state index in [4.69, 9.17) is 21.1 Å². The molecule has 1 unspecified atom stereocenters. The Morgan fingerprint density at radius 2 is 2.15 bits per heavy atom. The monoisotopic (exact) mass is 264 g/mol. The van der Waals surface area contributed by atoms with Crippen LogP contribution in [-0.4, -0.2) is 18.0 Å². The van der Waals surface area contributed by atoms with Crippen LogP contribution in [0.2, 0.25) is 0 Å². The maximum atomic E-state index is 5.66. The molecule has 72 valence electrons. The van der Waals surface area contributed by atoms with Gasteiger partial charge in [0.2, 0.25) is 0 Å². The third-order valence-electron chi connectivity index (χ3n) is 1.42. The van der Waals surface area contributed by atoms with Crippen molar-refractivity contribution >= 4 is 27.5 Å². The minimum atomic E-state index is -0.168. The summed E-state index contributed by atoms with van der Waals surface area (Å²) in [7, 11) is 1.62. The van der Waals surface area contributed by atoms with Crippen molar-refractivity contribution in [3.8, 4) is 11.5 Å². The molecule has 0 bridgehead atoms. The van der Waals surface area contributed by atoms with Crippen LogP contribution in [0.25, 0.3) is 0 Å². The van der Waals surface area contributed by atoms with Crippen molar-refractivity contribution in [1.82, 2.24) is 0 Å². The Kier molecular flexibility index (Phi) is 4.39. The van der Waals surface area contributed by atoms with Crippen molar-refractivity contribution in [3.05, 3.63) is 24.3 Å². The number of hydrogen-bond donors (Lipinski definition) is 0. The molecule has 0 saturated heterocycles. The average molecular weight is 266 g/mol. The second-order valence-electron chi connectivity index (χ2n) is 2.38. The van der Waals surface area contributed by atoms with Crippen LogP contribution in [-0.2, 0) is 0 Å². The van der Waals surface area contributed by atoms with E-state index in [9.17, 15) is 0 Å². The number of halogens is 2. The molecule has 0 saturated carbocycles. The van der Waals surface area contributed by atoms with Gasteiger partial charge in [0.05, 0.1) is 7.11 Å². The first kappa shape index (κ1) is 10.7. The smallest absolute Gasteiger partial charge is 0.123 e. The highest BCUT2D eigenvalue weighted by Crippen LogP contribution is 2.19. The summed E-state index contributed by atoms with van der Waals surface area (Å²) < 4.78 is 10.2. The van der Waals surface area contributed by atoms with E-state index in [1.165, 1.54) is 0 Å². The molecule has 0 amide bonds. The quantitative estimate of drug-likeness (QED) is 0.779. The van der Waals surface area contributed by atoms with E-state index in [1.807, 2.05) is 24.3 Å². The van der Waals surface area contributed by atoms with Crippen molar-refractivity contribution in [1.29, 1.82) is 0 Å². The largest absolute Gasteiger partial charge is 0.497 e. The Balaban J connectivity index is 2.56. The predicted octanol–water partition coefficient (Wildman–Crippen LogP) is 3.03. The van der Waals surface area contributed by atoms with E-state index >= 15 is 0 Å². The van der Waals surface area contributed by atoms with Gasteiger partial charge in [-0.1, -0.05) is 22.0 Å². The fraction of sp³-hybridized carbons (Fsp3) is 0.333. The summed E-state index contributed by atoms with van der Waals surface area (Å²) in [5.41, 5.74) is 0. The van der Waals surface area contributed by atoms with Crippen LogP contribution in [0.1, 0.15) is 0 Å². The molecule has 1 aromatic rings. The fourth-order valence-corrected chi connectivity index (χ4v) is 1.05. The number of hydrogen-bond acceptors (Lipinski definition) is 2. The van der Waals surface area contributed by atoms with E-state index in [0.29, 0.717) is 6.61 Å². The molecule has 0 aliphatic rings. The Labute approximate surface area is 90.9 Å². The standard InChI is InChI=1S/C9H10BrClO2/c1-12-7-3-2-4-8(5-7)13-6-9(10)11/h2-5,9H,6H2,1H3. The van der Waals surface area contributed by atoms with Gasteiger partial charge < -0.3 is 9.47 Å². The maximum Gasteiger partial charge on any atom is 0.123 e. The van der Waals surface area contributed by atoms with Gasteiger partial charge in [0.25, 0.3) is 0 Å². The van der Waals surface area contributed by atoms with Crippen molar-refractivity contribution in [2.75, 3.05) is 13.7 Å². The first-order chi connectivity index (χ1) is 6.22. The second kappa shape index (κ2) is 5.35. The van der Waals surface area contributed by atoms with Crippen LogP contribution in [0.5, 0.6) is 11.5 Å². The SMILES string of the molecule is COc1cccc(OCC(Cl)Br)c1. The van der Waals surface area contributed by atoms with Gasteiger partial charge >= 0.3 is 0 Å². The van der Waals surface area contributed by atoms with Crippen LogP contribution < -0.4 is 9.47 Å². The van der Waals surface area contributed by atoms with Crippen LogP contribution in [0.4, 0.5) is 0 Å². The molecular weight excluding hydrogens is 255 g/mol. The summed E-state index contributed by atoms with van der Waals surface area (Å²) in [4.78, 5) is 0. The highest BCUT2D eigenvalue weighted by Gasteiger charge is 2.00. The molecule has 0 aromatic heterocycles. The zero-order valence-corrected chi connectivity index (χ0v) is 9.51. The number of methoxy groups -OCH3 is 1. The summed E-state index contributed by atoms with van der Waals surface area (Å²) in [6.07, 6.45) is 0.